The first-order chi connectivity index (χ1) is 8.36. The normalized spacial score (nSPS) is 12.6. The average Bonchev–Trinajstić information content (AvgIpc) is 2.28. The van der Waals surface area contributed by atoms with Gasteiger partial charge < -0.3 is 15.6 Å². The fourth-order valence-corrected chi connectivity index (χ4v) is 2.13. The maximum atomic E-state index is 10.8. The zero-order chi connectivity index (χ0) is 13.9. The Hall–Kier alpha value is -1.26. The Labute approximate surface area is 112 Å². The minimum Gasteiger partial charge on any atom is -0.496 e. The molecular weight excluding hydrogens is 254 g/mol. The first-order valence-corrected chi connectivity index (χ1v) is 6.09. The summed E-state index contributed by atoms with van der Waals surface area (Å²) in [5, 5.41) is 9.43. The van der Waals surface area contributed by atoms with Crippen molar-refractivity contribution in [3.05, 3.63) is 28.3 Å². The standard InChI is InChI=1S/C13H18ClNO3/c1-7(2)9-6-12(18-3)8(4-10(9)14)5-11(15)13(16)17/h4,6-7,11H,5,15H2,1-3H3,(H,16,17). The number of carboxylic acid groups (broad SMARTS) is 1. The lowest BCUT2D eigenvalue weighted by atomic mass is 9.98. The zero-order valence-electron chi connectivity index (χ0n) is 10.7. The Kier molecular flexibility index (Phi) is 4.99. The van der Waals surface area contributed by atoms with Crippen molar-refractivity contribution in [3.63, 3.8) is 0 Å². The second-order valence-corrected chi connectivity index (χ2v) is 4.90. The highest BCUT2D eigenvalue weighted by atomic mass is 35.5. The van der Waals surface area contributed by atoms with E-state index < -0.39 is 12.0 Å². The van der Waals surface area contributed by atoms with Crippen LogP contribution in [0.3, 0.4) is 0 Å². The summed E-state index contributed by atoms with van der Waals surface area (Å²) >= 11 is 6.17. The predicted molar refractivity (Wildman–Crippen MR) is 71.4 cm³/mol. The van der Waals surface area contributed by atoms with Gasteiger partial charge >= 0.3 is 5.97 Å². The molecule has 4 nitrogen and oxygen atoms in total. The number of halogens is 1. The summed E-state index contributed by atoms with van der Waals surface area (Å²) in [6, 6.07) is 2.62. The molecule has 0 saturated heterocycles. The van der Waals surface area contributed by atoms with Gasteiger partial charge in [-0.2, -0.15) is 0 Å². The Balaban J connectivity index is 3.12. The molecule has 0 spiro atoms. The van der Waals surface area contributed by atoms with Crippen LogP contribution in [-0.2, 0) is 11.2 Å². The molecule has 1 aromatic rings. The lowest BCUT2D eigenvalue weighted by Crippen LogP contribution is -2.32. The molecule has 0 aliphatic rings. The van der Waals surface area contributed by atoms with Crippen LogP contribution in [0, 0.1) is 0 Å². The van der Waals surface area contributed by atoms with Crippen LogP contribution in [0.1, 0.15) is 30.9 Å². The van der Waals surface area contributed by atoms with Gasteiger partial charge in [0.05, 0.1) is 7.11 Å². The van der Waals surface area contributed by atoms with Gasteiger partial charge in [-0.05, 0) is 29.2 Å². The van der Waals surface area contributed by atoms with Crippen LogP contribution in [0.4, 0.5) is 0 Å². The highest BCUT2D eigenvalue weighted by Crippen LogP contribution is 2.32. The molecule has 0 saturated carbocycles. The molecule has 0 fully saturated rings. The van der Waals surface area contributed by atoms with Gasteiger partial charge in [0.15, 0.2) is 0 Å². The summed E-state index contributed by atoms with van der Waals surface area (Å²) in [5.74, 6) is -0.144. The molecule has 1 atom stereocenters. The van der Waals surface area contributed by atoms with E-state index in [2.05, 4.69) is 0 Å². The highest BCUT2D eigenvalue weighted by Gasteiger charge is 2.17. The SMILES string of the molecule is COc1cc(C(C)C)c(Cl)cc1CC(N)C(=O)O. The average molecular weight is 272 g/mol. The first-order valence-electron chi connectivity index (χ1n) is 5.71. The van der Waals surface area contributed by atoms with E-state index in [4.69, 9.17) is 27.2 Å². The van der Waals surface area contributed by atoms with Crippen LogP contribution in [0.25, 0.3) is 0 Å². The quantitative estimate of drug-likeness (QED) is 0.863. The molecule has 0 heterocycles. The zero-order valence-corrected chi connectivity index (χ0v) is 11.5. The third-order valence-electron chi connectivity index (χ3n) is 2.78. The van der Waals surface area contributed by atoms with E-state index in [-0.39, 0.29) is 12.3 Å². The number of ether oxygens (including phenoxy) is 1. The Morgan fingerprint density at radius 3 is 2.56 bits per heavy atom. The number of methoxy groups -OCH3 is 1. The Morgan fingerprint density at radius 2 is 2.11 bits per heavy atom. The lowest BCUT2D eigenvalue weighted by molar-refractivity contribution is -0.138. The maximum absolute atomic E-state index is 10.8. The summed E-state index contributed by atoms with van der Waals surface area (Å²) in [4.78, 5) is 10.8. The number of benzene rings is 1. The van der Waals surface area contributed by atoms with Crippen LogP contribution in [0.15, 0.2) is 12.1 Å². The molecule has 3 N–H and O–H groups in total. The number of aliphatic carboxylic acids is 1. The molecule has 1 unspecified atom stereocenters. The van der Waals surface area contributed by atoms with Gasteiger partial charge in [0.1, 0.15) is 11.8 Å². The number of carbonyl (C=O) groups is 1. The van der Waals surface area contributed by atoms with E-state index in [0.717, 1.165) is 5.56 Å². The molecular formula is C13H18ClNO3. The molecule has 0 amide bonds. The topological polar surface area (TPSA) is 72.5 Å². The molecule has 0 aliphatic carbocycles. The van der Waals surface area contributed by atoms with Crippen molar-refractivity contribution in [2.24, 2.45) is 5.73 Å². The van der Waals surface area contributed by atoms with E-state index in [0.29, 0.717) is 16.3 Å². The number of nitrogens with two attached hydrogens (primary N) is 1. The van der Waals surface area contributed by atoms with E-state index >= 15 is 0 Å². The lowest BCUT2D eigenvalue weighted by Gasteiger charge is -2.16. The Bertz CT molecular complexity index is 446. The van der Waals surface area contributed by atoms with Crippen molar-refractivity contribution < 1.29 is 14.6 Å². The molecule has 1 rings (SSSR count). The predicted octanol–water partition coefficient (Wildman–Crippen LogP) is 2.43. The maximum Gasteiger partial charge on any atom is 0.320 e. The summed E-state index contributed by atoms with van der Waals surface area (Å²) in [5.41, 5.74) is 7.21. The van der Waals surface area contributed by atoms with Gasteiger partial charge in [0.2, 0.25) is 0 Å². The van der Waals surface area contributed by atoms with Crippen molar-refractivity contribution >= 4 is 17.6 Å². The van der Waals surface area contributed by atoms with Gasteiger partial charge in [-0.3, -0.25) is 4.79 Å². The second-order valence-electron chi connectivity index (χ2n) is 4.49. The fraction of sp³-hybridized carbons (Fsp3) is 0.462. The number of hydrogen-bond donors (Lipinski definition) is 2. The molecule has 18 heavy (non-hydrogen) atoms. The number of rotatable bonds is 5. The monoisotopic (exact) mass is 271 g/mol. The smallest absolute Gasteiger partial charge is 0.320 e. The minimum absolute atomic E-state index is 0.191. The summed E-state index contributed by atoms with van der Waals surface area (Å²) in [7, 11) is 1.54. The van der Waals surface area contributed by atoms with Gasteiger partial charge in [0, 0.05) is 11.4 Å². The summed E-state index contributed by atoms with van der Waals surface area (Å²) < 4.78 is 5.26. The van der Waals surface area contributed by atoms with Crippen molar-refractivity contribution in [2.45, 2.75) is 32.2 Å². The van der Waals surface area contributed by atoms with Crippen LogP contribution in [-0.4, -0.2) is 24.2 Å². The van der Waals surface area contributed by atoms with Crippen molar-refractivity contribution in [1.82, 2.24) is 0 Å². The molecule has 0 bridgehead atoms. The van der Waals surface area contributed by atoms with E-state index in [1.165, 1.54) is 0 Å². The van der Waals surface area contributed by atoms with Gasteiger partial charge in [-0.25, -0.2) is 0 Å². The largest absolute Gasteiger partial charge is 0.496 e. The van der Waals surface area contributed by atoms with Gasteiger partial charge in [-0.15, -0.1) is 0 Å². The van der Waals surface area contributed by atoms with Gasteiger partial charge in [0.25, 0.3) is 0 Å². The third kappa shape index (κ3) is 3.37. The number of hydrogen-bond acceptors (Lipinski definition) is 3. The van der Waals surface area contributed by atoms with Crippen molar-refractivity contribution in [2.75, 3.05) is 7.11 Å². The molecule has 0 aliphatic heterocycles. The van der Waals surface area contributed by atoms with Crippen LogP contribution >= 0.6 is 11.6 Å². The third-order valence-corrected chi connectivity index (χ3v) is 3.11. The minimum atomic E-state index is -1.04. The van der Waals surface area contributed by atoms with Crippen LogP contribution in [0.2, 0.25) is 5.02 Å². The van der Waals surface area contributed by atoms with E-state index in [9.17, 15) is 4.79 Å². The summed E-state index contributed by atoms with van der Waals surface area (Å²) in [6.45, 7) is 4.06. The van der Waals surface area contributed by atoms with E-state index in [1.54, 1.807) is 13.2 Å². The first kappa shape index (κ1) is 14.8. The number of carboxylic acids is 1. The van der Waals surface area contributed by atoms with Crippen molar-refractivity contribution in [1.29, 1.82) is 0 Å². The van der Waals surface area contributed by atoms with Crippen LogP contribution < -0.4 is 10.5 Å². The highest BCUT2D eigenvalue weighted by molar-refractivity contribution is 6.31. The molecule has 5 heteroatoms. The molecule has 0 radical (unpaired) electrons. The second kappa shape index (κ2) is 6.07. The molecule has 1 aromatic carbocycles. The fourth-order valence-electron chi connectivity index (χ4n) is 1.73. The van der Waals surface area contributed by atoms with Crippen LogP contribution in [0.5, 0.6) is 5.75 Å². The molecule has 100 valence electrons. The van der Waals surface area contributed by atoms with Gasteiger partial charge in [-0.1, -0.05) is 25.4 Å². The van der Waals surface area contributed by atoms with Crippen molar-refractivity contribution in [3.8, 4) is 5.75 Å². The van der Waals surface area contributed by atoms with E-state index in [1.807, 2.05) is 19.9 Å². The summed E-state index contributed by atoms with van der Waals surface area (Å²) in [6.07, 6.45) is 0.191. The molecule has 0 aromatic heterocycles. The Morgan fingerprint density at radius 1 is 1.50 bits per heavy atom.